The third-order valence-corrected chi connectivity index (χ3v) is 3.58. The molecular weight excluding hydrogens is 270 g/mol. The first-order valence-electron chi connectivity index (χ1n) is 6.92. The van der Waals surface area contributed by atoms with E-state index in [1.807, 2.05) is 24.3 Å². The number of carbonyl (C=O) groups is 3. The molecule has 6 nitrogen and oxygen atoms in total. The minimum absolute atomic E-state index is 0.0599. The second-order valence-corrected chi connectivity index (χ2v) is 5.01. The van der Waals surface area contributed by atoms with Crippen LogP contribution in [0.25, 0.3) is 0 Å². The Morgan fingerprint density at radius 2 is 1.90 bits per heavy atom. The van der Waals surface area contributed by atoms with Crippen molar-refractivity contribution in [3.05, 3.63) is 35.4 Å². The second-order valence-electron chi connectivity index (χ2n) is 5.01. The number of nitrogens with two attached hydrogens (primary N) is 1. The van der Waals surface area contributed by atoms with Gasteiger partial charge >= 0.3 is 11.8 Å². The van der Waals surface area contributed by atoms with Crippen molar-refractivity contribution in [2.45, 2.75) is 19.9 Å². The van der Waals surface area contributed by atoms with Gasteiger partial charge in [0.1, 0.15) is 0 Å². The molecule has 2 N–H and O–H groups in total. The molecule has 1 aromatic rings. The van der Waals surface area contributed by atoms with E-state index in [0.717, 1.165) is 10.5 Å². The van der Waals surface area contributed by atoms with Crippen LogP contribution in [0.3, 0.4) is 0 Å². The molecule has 21 heavy (non-hydrogen) atoms. The zero-order valence-corrected chi connectivity index (χ0v) is 12.0. The van der Waals surface area contributed by atoms with Gasteiger partial charge in [0.15, 0.2) is 0 Å². The first kappa shape index (κ1) is 15.2. The number of amides is 3. The number of fused-ring (bicyclic) bond motifs is 1. The van der Waals surface area contributed by atoms with Crippen LogP contribution in [0.2, 0.25) is 0 Å². The number of rotatable bonds is 2. The van der Waals surface area contributed by atoms with E-state index in [4.69, 9.17) is 5.73 Å². The summed E-state index contributed by atoms with van der Waals surface area (Å²) in [5, 5.41) is 0. The highest BCUT2D eigenvalue weighted by atomic mass is 16.2. The SMILES string of the molecule is CC(=O)N(CCN)C(=O)C(=O)N1CCc2ccccc2C1. The van der Waals surface area contributed by atoms with Crippen molar-refractivity contribution in [3.63, 3.8) is 0 Å². The van der Waals surface area contributed by atoms with E-state index >= 15 is 0 Å². The Morgan fingerprint density at radius 3 is 2.52 bits per heavy atom. The predicted octanol–water partition coefficient (Wildman–Crippen LogP) is -0.0949. The molecule has 3 amide bonds. The van der Waals surface area contributed by atoms with Crippen LogP contribution in [-0.2, 0) is 27.3 Å². The maximum atomic E-state index is 12.3. The monoisotopic (exact) mass is 289 g/mol. The number of hydrogen-bond acceptors (Lipinski definition) is 4. The van der Waals surface area contributed by atoms with Gasteiger partial charge in [0.05, 0.1) is 0 Å². The van der Waals surface area contributed by atoms with Crippen LogP contribution >= 0.6 is 0 Å². The number of benzene rings is 1. The fourth-order valence-electron chi connectivity index (χ4n) is 2.45. The highest BCUT2D eigenvalue weighted by molar-refractivity contribution is 6.37. The third-order valence-electron chi connectivity index (χ3n) is 3.58. The van der Waals surface area contributed by atoms with Gasteiger partial charge in [-0.2, -0.15) is 0 Å². The molecule has 1 aliphatic heterocycles. The van der Waals surface area contributed by atoms with E-state index in [1.165, 1.54) is 17.4 Å². The lowest BCUT2D eigenvalue weighted by molar-refractivity contribution is -0.156. The first-order chi connectivity index (χ1) is 10.0. The molecule has 0 aromatic heterocycles. The lowest BCUT2D eigenvalue weighted by Crippen LogP contribution is -2.49. The van der Waals surface area contributed by atoms with E-state index < -0.39 is 17.7 Å². The minimum atomic E-state index is -0.799. The standard InChI is InChI=1S/C15H19N3O3/c1-11(19)18(9-7-16)15(21)14(20)17-8-6-12-4-2-3-5-13(12)10-17/h2-5H,6-10,16H2,1H3. The number of nitrogens with zero attached hydrogens (tertiary/aromatic N) is 2. The van der Waals surface area contributed by atoms with Crippen molar-refractivity contribution in [2.24, 2.45) is 5.73 Å². The minimum Gasteiger partial charge on any atom is -0.330 e. The highest BCUT2D eigenvalue weighted by Gasteiger charge is 2.30. The summed E-state index contributed by atoms with van der Waals surface area (Å²) in [5.41, 5.74) is 7.61. The Morgan fingerprint density at radius 1 is 1.24 bits per heavy atom. The van der Waals surface area contributed by atoms with E-state index in [9.17, 15) is 14.4 Å². The van der Waals surface area contributed by atoms with E-state index in [-0.39, 0.29) is 13.1 Å². The highest BCUT2D eigenvalue weighted by Crippen LogP contribution is 2.18. The molecule has 1 aromatic carbocycles. The first-order valence-corrected chi connectivity index (χ1v) is 6.92. The van der Waals surface area contributed by atoms with Gasteiger partial charge < -0.3 is 10.6 Å². The topological polar surface area (TPSA) is 83.7 Å². The summed E-state index contributed by atoms with van der Waals surface area (Å²) in [6.07, 6.45) is 0.714. The third kappa shape index (κ3) is 3.28. The summed E-state index contributed by atoms with van der Waals surface area (Å²) >= 11 is 0. The second kappa shape index (κ2) is 6.49. The van der Waals surface area contributed by atoms with E-state index in [1.54, 1.807) is 0 Å². The zero-order valence-electron chi connectivity index (χ0n) is 12.0. The Balaban J connectivity index is 2.10. The molecule has 0 saturated heterocycles. The Hall–Kier alpha value is -2.21. The van der Waals surface area contributed by atoms with Gasteiger partial charge in [-0.05, 0) is 17.5 Å². The lowest BCUT2D eigenvalue weighted by atomic mass is 10.00. The fourth-order valence-corrected chi connectivity index (χ4v) is 2.45. The summed E-state index contributed by atoms with van der Waals surface area (Å²) in [4.78, 5) is 38.2. The fraction of sp³-hybridized carbons (Fsp3) is 0.400. The molecular formula is C15H19N3O3. The zero-order chi connectivity index (χ0) is 15.4. The maximum absolute atomic E-state index is 12.3. The smallest absolute Gasteiger partial charge is 0.318 e. The molecule has 0 saturated carbocycles. The normalized spacial score (nSPS) is 13.5. The average molecular weight is 289 g/mol. The summed E-state index contributed by atoms with van der Waals surface area (Å²) in [6, 6.07) is 7.84. The summed E-state index contributed by atoms with van der Waals surface area (Å²) < 4.78 is 0. The van der Waals surface area contributed by atoms with Crippen LogP contribution in [0.5, 0.6) is 0 Å². The van der Waals surface area contributed by atoms with Crippen molar-refractivity contribution in [3.8, 4) is 0 Å². The molecule has 2 rings (SSSR count). The van der Waals surface area contributed by atoms with Crippen LogP contribution in [0.15, 0.2) is 24.3 Å². The van der Waals surface area contributed by atoms with Crippen molar-refractivity contribution in [2.75, 3.05) is 19.6 Å². The number of hydrogen-bond donors (Lipinski definition) is 1. The van der Waals surface area contributed by atoms with Gasteiger partial charge in [-0.1, -0.05) is 24.3 Å². The Labute approximate surface area is 123 Å². The largest absolute Gasteiger partial charge is 0.330 e. The molecule has 1 aliphatic rings. The number of carbonyl (C=O) groups excluding carboxylic acids is 3. The van der Waals surface area contributed by atoms with Gasteiger partial charge in [0.25, 0.3) is 0 Å². The molecule has 0 bridgehead atoms. The quantitative estimate of drug-likeness (QED) is 0.771. The van der Waals surface area contributed by atoms with Crippen molar-refractivity contribution < 1.29 is 14.4 Å². The van der Waals surface area contributed by atoms with Crippen molar-refractivity contribution in [1.82, 2.24) is 9.80 Å². The molecule has 6 heteroatoms. The van der Waals surface area contributed by atoms with Crippen LogP contribution in [0.4, 0.5) is 0 Å². The van der Waals surface area contributed by atoms with Gasteiger partial charge in [-0.25, -0.2) is 0 Å². The Bertz CT molecular complexity index is 571. The predicted molar refractivity (Wildman–Crippen MR) is 77.0 cm³/mol. The summed E-state index contributed by atoms with van der Waals surface area (Å²) in [5.74, 6) is -1.91. The summed E-state index contributed by atoms with van der Waals surface area (Å²) in [6.45, 7) is 2.34. The summed E-state index contributed by atoms with van der Waals surface area (Å²) in [7, 11) is 0. The van der Waals surface area contributed by atoms with Gasteiger partial charge in [-0.3, -0.25) is 19.3 Å². The molecule has 0 spiro atoms. The molecule has 0 fully saturated rings. The van der Waals surface area contributed by atoms with E-state index in [0.29, 0.717) is 19.5 Å². The van der Waals surface area contributed by atoms with Crippen LogP contribution in [0.1, 0.15) is 18.1 Å². The Kier molecular flexibility index (Phi) is 4.70. The molecule has 112 valence electrons. The molecule has 1 heterocycles. The van der Waals surface area contributed by atoms with E-state index in [2.05, 4.69) is 0 Å². The lowest BCUT2D eigenvalue weighted by Gasteiger charge is -2.29. The van der Waals surface area contributed by atoms with Gasteiger partial charge in [0, 0.05) is 33.1 Å². The van der Waals surface area contributed by atoms with Crippen LogP contribution < -0.4 is 5.73 Å². The maximum Gasteiger partial charge on any atom is 0.318 e. The van der Waals surface area contributed by atoms with Crippen LogP contribution in [-0.4, -0.2) is 47.2 Å². The molecule has 0 atom stereocenters. The van der Waals surface area contributed by atoms with Crippen molar-refractivity contribution in [1.29, 1.82) is 0 Å². The van der Waals surface area contributed by atoms with Crippen LogP contribution in [0, 0.1) is 0 Å². The van der Waals surface area contributed by atoms with Gasteiger partial charge in [-0.15, -0.1) is 0 Å². The number of imide groups is 1. The molecule has 0 radical (unpaired) electrons. The average Bonchev–Trinajstić information content (AvgIpc) is 2.50. The van der Waals surface area contributed by atoms with Crippen molar-refractivity contribution >= 4 is 17.7 Å². The molecule has 0 unspecified atom stereocenters. The molecule has 0 aliphatic carbocycles. The van der Waals surface area contributed by atoms with Gasteiger partial charge in [0.2, 0.25) is 5.91 Å².